The molecule has 0 fully saturated rings. The normalized spacial score (nSPS) is 11.8. The second-order valence-electron chi connectivity index (χ2n) is 3.45. The van der Waals surface area contributed by atoms with E-state index in [0.717, 1.165) is 17.8 Å². The average Bonchev–Trinajstić information content (AvgIpc) is 2.58. The molecule has 2 aromatic rings. The molecule has 2 nitrogen and oxygen atoms in total. The zero-order valence-corrected chi connectivity index (χ0v) is 10.8. The van der Waals surface area contributed by atoms with Gasteiger partial charge in [-0.05, 0) is 31.2 Å². The molecule has 0 aliphatic carbocycles. The predicted octanol–water partition coefficient (Wildman–Crippen LogP) is 4.27. The summed E-state index contributed by atoms with van der Waals surface area (Å²) < 4.78 is 43.0. The number of halogens is 4. The van der Waals surface area contributed by atoms with E-state index < -0.39 is 11.7 Å². The van der Waals surface area contributed by atoms with Gasteiger partial charge in [-0.25, -0.2) is 4.98 Å². The van der Waals surface area contributed by atoms with Gasteiger partial charge in [0.05, 0.1) is 11.3 Å². The molecule has 0 N–H and O–H groups in total. The Balaban J connectivity index is 2.36. The molecule has 90 valence electrons. The van der Waals surface area contributed by atoms with E-state index in [-0.39, 0.29) is 0 Å². The van der Waals surface area contributed by atoms with Crippen molar-refractivity contribution in [3.05, 3.63) is 39.3 Å². The minimum Gasteiger partial charge on any atom is -0.430 e. The minimum absolute atomic E-state index is 0.334. The van der Waals surface area contributed by atoms with Crippen molar-refractivity contribution >= 4 is 22.6 Å². The summed E-state index contributed by atoms with van der Waals surface area (Å²) in [6.45, 7) is 1.78. The predicted molar refractivity (Wildman–Crippen MR) is 64.4 cm³/mol. The number of alkyl halides is 3. The molecule has 0 unspecified atom stereocenters. The molecule has 1 aromatic carbocycles. The molecular formula is C11H7F3INO. The van der Waals surface area contributed by atoms with Crippen molar-refractivity contribution in [1.82, 2.24) is 4.98 Å². The van der Waals surface area contributed by atoms with Crippen LogP contribution in [0.5, 0.6) is 0 Å². The molecule has 0 radical (unpaired) electrons. The molecule has 0 amide bonds. The van der Waals surface area contributed by atoms with Crippen LogP contribution in [0.2, 0.25) is 0 Å². The number of hydrogen-bond acceptors (Lipinski definition) is 2. The van der Waals surface area contributed by atoms with Gasteiger partial charge >= 0.3 is 6.18 Å². The lowest BCUT2D eigenvalue weighted by atomic mass is 10.1. The van der Waals surface area contributed by atoms with E-state index in [1.54, 1.807) is 6.92 Å². The number of hydrogen-bond donors (Lipinski definition) is 0. The molecule has 0 saturated carbocycles. The standard InChI is InChI=1S/C11H7F3INO/c1-6-9(15)17-10(16-6)7-2-4-8(5-3-7)11(12,13)14/h2-5H,1H3. The van der Waals surface area contributed by atoms with Crippen LogP contribution in [0.1, 0.15) is 11.3 Å². The fourth-order valence-electron chi connectivity index (χ4n) is 1.30. The molecule has 0 bridgehead atoms. The Bertz CT molecular complexity index is 511. The third-order valence-corrected chi connectivity index (χ3v) is 3.20. The first kappa shape index (κ1) is 12.4. The summed E-state index contributed by atoms with van der Waals surface area (Å²) in [6, 6.07) is 4.73. The number of aromatic nitrogens is 1. The van der Waals surface area contributed by atoms with Gasteiger partial charge in [-0.15, -0.1) is 0 Å². The zero-order chi connectivity index (χ0) is 12.6. The van der Waals surface area contributed by atoms with Gasteiger partial charge in [0.25, 0.3) is 0 Å². The van der Waals surface area contributed by atoms with E-state index in [9.17, 15) is 13.2 Å². The number of nitrogens with zero attached hydrogens (tertiary/aromatic N) is 1. The van der Waals surface area contributed by atoms with E-state index in [2.05, 4.69) is 4.98 Å². The molecule has 0 spiro atoms. The van der Waals surface area contributed by atoms with Gasteiger partial charge in [-0.2, -0.15) is 13.2 Å². The van der Waals surface area contributed by atoms with Crippen LogP contribution in [-0.4, -0.2) is 4.98 Å². The van der Waals surface area contributed by atoms with Gasteiger partial charge in [0, 0.05) is 28.2 Å². The van der Waals surface area contributed by atoms with Gasteiger partial charge in [0.15, 0.2) is 3.77 Å². The highest BCUT2D eigenvalue weighted by Crippen LogP contribution is 2.31. The summed E-state index contributed by atoms with van der Waals surface area (Å²) in [5.41, 5.74) is 0.573. The number of benzene rings is 1. The van der Waals surface area contributed by atoms with Crippen molar-refractivity contribution in [2.75, 3.05) is 0 Å². The van der Waals surface area contributed by atoms with Gasteiger partial charge < -0.3 is 4.42 Å². The number of aryl methyl sites for hydroxylation is 1. The van der Waals surface area contributed by atoms with Crippen LogP contribution in [0, 0.1) is 10.7 Å². The quantitative estimate of drug-likeness (QED) is 0.716. The first-order chi connectivity index (χ1) is 7.88. The van der Waals surface area contributed by atoms with Crippen LogP contribution in [0.3, 0.4) is 0 Å². The monoisotopic (exact) mass is 353 g/mol. The first-order valence-electron chi connectivity index (χ1n) is 4.68. The summed E-state index contributed by atoms with van der Waals surface area (Å²) in [5.74, 6) is 0.334. The largest absolute Gasteiger partial charge is 0.430 e. The Morgan fingerprint density at radius 1 is 1.18 bits per heavy atom. The smallest absolute Gasteiger partial charge is 0.416 e. The summed E-state index contributed by atoms with van der Waals surface area (Å²) >= 11 is 1.98. The van der Waals surface area contributed by atoms with Crippen LogP contribution in [-0.2, 0) is 6.18 Å². The molecule has 0 saturated heterocycles. The topological polar surface area (TPSA) is 26.0 Å². The number of rotatable bonds is 1. The summed E-state index contributed by atoms with van der Waals surface area (Å²) in [4.78, 5) is 4.12. The molecule has 6 heteroatoms. The van der Waals surface area contributed by atoms with Crippen LogP contribution in [0.25, 0.3) is 11.5 Å². The highest BCUT2D eigenvalue weighted by molar-refractivity contribution is 14.1. The zero-order valence-electron chi connectivity index (χ0n) is 8.68. The van der Waals surface area contributed by atoms with E-state index in [0.29, 0.717) is 15.2 Å². The van der Waals surface area contributed by atoms with Crippen LogP contribution < -0.4 is 0 Å². The van der Waals surface area contributed by atoms with Crippen LogP contribution in [0.15, 0.2) is 28.7 Å². The van der Waals surface area contributed by atoms with Crippen molar-refractivity contribution in [1.29, 1.82) is 0 Å². The Kier molecular flexibility index (Phi) is 3.15. The van der Waals surface area contributed by atoms with Crippen molar-refractivity contribution in [3.8, 4) is 11.5 Å². The van der Waals surface area contributed by atoms with E-state index in [1.807, 2.05) is 22.6 Å². The lowest BCUT2D eigenvalue weighted by Gasteiger charge is -2.05. The van der Waals surface area contributed by atoms with Crippen LogP contribution >= 0.6 is 22.6 Å². The highest BCUT2D eigenvalue weighted by atomic mass is 127. The maximum atomic E-state index is 12.3. The fourth-order valence-corrected chi connectivity index (χ4v) is 1.63. The Labute approximate surface area is 109 Å². The summed E-state index contributed by atoms with van der Waals surface area (Å²) in [7, 11) is 0. The second-order valence-corrected chi connectivity index (χ2v) is 4.43. The van der Waals surface area contributed by atoms with Gasteiger partial charge in [-0.1, -0.05) is 0 Å². The Morgan fingerprint density at radius 3 is 2.18 bits per heavy atom. The van der Waals surface area contributed by atoms with E-state index >= 15 is 0 Å². The van der Waals surface area contributed by atoms with E-state index in [1.165, 1.54) is 12.1 Å². The molecule has 1 aromatic heterocycles. The third-order valence-electron chi connectivity index (χ3n) is 2.20. The average molecular weight is 353 g/mol. The Hall–Kier alpha value is -1.05. The second kappa shape index (κ2) is 4.32. The van der Waals surface area contributed by atoms with Gasteiger partial charge in [0.1, 0.15) is 0 Å². The summed E-state index contributed by atoms with van der Waals surface area (Å²) in [6.07, 6.45) is -4.32. The van der Waals surface area contributed by atoms with Gasteiger partial charge in [-0.3, -0.25) is 0 Å². The van der Waals surface area contributed by atoms with Crippen molar-refractivity contribution < 1.29 is 17.6 Å². The molecule has 0 aliphatic heterocycles. The summed E-state index contributed by atoms with van der Waals surface area (Å²) in [5, 5.41) is 0. The molecule has 17 heavy (non-hydrogen) atoms. The Morgan fingerprint density at radius 2 is 1.76 bits per heavy atom. The van der Waals surface area contributed by atoms with Crippen molar-refractivity contribution in [3.63, 3.8) is 0 Å². The number of oxazole rings is 1. The lowest BCUT2D eigenvalue weighted by molar-refractivity contribution is -0.137. The highest BCUT2D eigenvalue weighted by Gasteiger charge is 2.30. The van der Waals surface area contributed by atoms with Crippen molar-refractivity contribution in [2.45, 2.75) is 13.1 Å². The third kappa shape index (κ3) is 2.62. The maximum Gasteiger partial charge on any atom is 0.416 e. The van der Waals surface area contributed by atoms with Crippen LogP contribution in [0.4, 0.5) is 13.2 Å². The molecule has 0 atom stereocenters. The fraction of sp³-hybridized carbons (Fsp3) is 0.182. The molecular weight excluding hydrogens is 346 g/mol. The van der Waals surface area contributed by atoms with Gasteiger partial charge in [0.2, 0.25) is 5.89 Å². The molecule has 1 heterocycles. The van der Waals surface area contributed by atoms with E-state index in [4.69, 9.17) is 4.42 Å². The molecule has 2 rings (SSSR count). The first-order valence-corrected chi connectivity index (χ1v) is 5.76. The minimum atomic E-state index is -4.32. The lowest BCUT2D eigenvalue weighted by Crippen LogP contribution is -2.03. The SMILES string of the molecule is Cc1nc(-c2ccc(C(F)(F)F)cc2)oc1I. The molecule has 0 aliphatic rings. The maximum absolute atomic E-state index is 12.3. The van der Waals surface area contributed by atoms with Crippen molar-refractivity contribution in [2.24, 2.45) is 0 Å².